The molecule has 0 saturated heterocycles. The number of rotatable bonds is 6. The lowest BCUT2D eigenvalue weighted by Gasteiger charge is -2.30. The minimum absolute atomic E-state index is 0.0609. The van der Waals surface area contributed by atoms with Crippen LogP contribution in [0.15, 0.2) is 54.7 Å². The molecule has 0 unspecified atom stereocenters. The van der Waals surface area contributed by atoms with Crippen LogP contribution in [0.2, 0.25) is 0 Å². The highest BCUT2D eigenvalue weighted by Crippen LogP contribution is 2.32. The van der Waals surface area contributed by atoms with Crippen LogP contribution in [0.5, 0.6) is 5.75 Å². The number of carbonyl (C=O) groups excluding carboxylic acids is 2. The third-order valence-corrected chi connectivity index (χ3v) is 4.90. The monoisotopic (exact) mass is 409 g/mol. The van der Waals surface area contributed by atoms with Crippen LogP contribution in [0, 0.1) is 0 Å². The number of quaternary nitrogens is 1. The lowest BCUT2D eigenvalue weighted by Crippen LogP contribution is -2.40. The minimum atomic E-state index is -0.366. The van der Waals surface area contributed by atoms with Crippen LogP contribution >= 0.6 is 0 Å². The number of likely N-dealkylation sites (N-methyl/N-ethyl adjacent to an activating group) is 1. The first-order chi connectivity index (χ1) is 14.3. The van der Waals surface area contributed by atoms with E-state index in [1.54, 1.807) is 16.7 Å². The van der Waals surface area contributed by atoms with Crippen molar-refractivity contribution in [2.45, 2.75) is 40.7 Å². The van der Waals surface area contributed by atoms with E-state index in [1.165, 1.54) is 19.4 Å². The highest BCUT2D eigenvalue weighted by molar-refractivity contribution is 5.98. The molecule has 1 heterocycles. The van der Waals surface area contributed by atoms with Crippen LogP contribution in [0.4, 0.5) is 0 Å². The summed E-state index contributed by atoms with van der Waals surface area (Å²) in [6.07, 6.45) is 2.65. The van der Waals surface area contributed by atoms with E-state index in [9.17, 15) is 9.59 Å². The van der Waals surface area contributed by atoms with E-state index >= 15 is 0 Å². The Morgan fingerprint density at radius 3 is 2.23 bits per heavy atom. The van der Waals surface area contributed by atoms with E-state index in [2.05, 4.69) is 38.4 Å². The third kappa shape index (κ3) is 5.80. The Morgan fingerprint density at radius 1 is 0.967 bits per heavy atom. The van der Waals surface area contributed by atoms with Gasteiger partial charge in [0, 0.05) is 37.4 Å². The van der Waals surface area contributed by atoms with E-state index < -0.39 is 0 Å². The predicted octanol–water partition coefficient (Wildman–Crippen LogP) is 5.07. The maximum absolute atomic E-state index is 12.1. The highest BCUT2D eigenvalue weighted by atomic mass is 16.5. The summed E-state index contributed by atoms with van der Waals surface area (Å²) in [6.45, 7) is 8.74. The van der Waals surface area contributed by atoms with E-state index in [0.717, 1.165) is 40.5 Å². The molecule has 0 aliphatic carbocycles. The molecule has 160 valence electrons. The van der Waals surface area contributed by atoms with Crippen molar-refractivity contribution in [2.24, 2.45) is 0 Å². The topological polar surface area (TPSA) is 48.3 Å². The number of benzene rings is 2. The molecule has 0 saturated carbocycles. The van der Waals surface area contributed by atoms with Gasteiger partial charge >= 0.3 is 5.97 Å². The molecule has 1 aromatic heterocycles. The Bertz CT molecular complexity index is 1000. The maximum Gasteiger partial charge on any atom is 0.308 e. The average molecular weight is 410 g/mol. The second-order valence-electron chi connectivity index (χ2n) is 7.84. The molecule has 0 amide bonds. The van der Waals surface area contributed by atoms with Gasteiger partial charge in [-0.1, -0.05) is 50.2 Å². The van der Waals surface area contributed by atoms with Crippen LogP contribution in [-0.2, 0) is 17.8 Å². The summed E-state index contributed by atoms with van der Waals surface area (Å²) in [5, 5.41) is 0.840. The number of carbonyl (C=O) groups is 2. The van der Waals surface area contributed by atoms with Crippen molar-refractivity contribution in [3.05, 3.63) is 65.9 Å². The number of hydrogen-bond donors (Lipinski definition) is 0. The summed E-state index contributed by atoms with van der Waals surface area (Å²) in [7, 11) is 4.40. The molecule has 3 rings (SSSR count). The fourth-order valence-electron chi connectivity index (χ4n) is 3.60. The molecule has 5 nitrogen and oxygen atoms in total. The quantitative estimate of drug-likeness (QED) is 0.324. The number of ether oxygens (including phenoxy) is 1. The van der Waals surface area contributed by atoms with Gasteiger partial charge in [0.2, 0.25) is 5.91 Å². The first-order valence-corrected chi connectivity index (χ1v) is 10.4. The Balaban J connectivity index is 0.00000155. The van der Waals surface area contributed by atoms with Crippen LogP contribution in [0.3, 0.4) is 0 Å². The van der Waals surface area contributed by atoms with Crippen molar-refractivity contribution in [3.63, 3.8) is 0 Å². The number of hydrogen-bond acceptors (Lipinski definition) is 3. The van der Waals surface area contributed by atoms with Crippen molar-refractivity contribution in [1.29, 1.82) is 0 Å². The molecule has 3 aromatic rings. The average Bonchev–Trinajstić information content (AvgIpc) is 3.08. The predicted molar refractivity (Wildman–Crippen MR) is 122 cm³/mol. The number of fused-ring (bicyclic) bond motifs is 1. The second kappa shape index (κ2) is 10.2. The zero-order chi connectivity index (χ0) is 22.3. The van der Waals surface area contributed by atoms with Crippen molar-refractivity contribution in [2.75, 3.05) is 20.6 Å². The SMILES string of the molecule is CC.CC(=O)Oc1cccc2c1c(CC[N+](C)(C)Cc1ccccc1)cn2C(C)=O. The Labute approximate surface area is 179 Å². The third-order valence-electron chi connectivity index (χ3n) is 4.90. The first-order valence-electron chi connectivity index (χ1n) is 10.4. The summed E-state index contributed by atoms with van der Waals surface area (Å²) in [6, 6.07) is 15.9. The van der Waals surface area contributed by atoms with Gasteiger partial charge in [-0.05, 0) is 17.7 Å². The van der Waals surface area contributed by atoms with E-state index in [-0.39, 0.29) is 11.9 Å². The van der Waals surface area contributed by atoms with Crippen LogP contribution in [-0.4, -0.2) is 41.6 Å². The Kier molecular flexibility index (Phi) is 7.95. The van der Waals surface area contributed by atoms with Crippen LogP contribution in [0.25, 0.3) is 10.9 Å². The van der Waals surface area contributed by atoms with Crippen molar-refractivity contribution in [3.8, 4) is 5.75 Å². The number of esters is 1. The van der Waals surface area contributed by atoms with Gasteiger partial charge in [-0.2, -0.15) is 0 Å². The zero-order valence-corrected chi connectivity index (χ0v) is 18.9. The molecule has 0 aliphatic rings. The first kappa shape index (κ1) is 23.4. The molecule has 0 spiro atoms. The van der Waals surface area contributed by atoms with Crippen LogP contribution in [0.1, 0.15) is 43.6 Å². The minimum Gasteiger partial charge on any atom is -0.426 e. The van der Waals surface area contributed by atoms with Gasteiger partial charge in [0.05, 0.1) is 26.2 Å². The largest absolute Gasteiger partial charge is 0.426 e. The van der Waals surface area contributed by atoms with E-state index in [4.69, 9.17) is 4.74 Å². The Hall–Kier alpha value is -2.92. The fraction of sp³-hybridized carbons (Fsp3) is 0.360. The maximum atomic E-state index is 12.1. The fourth-order valence-corrected chi connectivity index (χ4v) is 3.60. The smallest absolute Gasteiger partial charge is 0.308 e. The van der Waals surface area contributed by atoms with Gasteiger partial charge < -0.3 is 9.22 Å². The molecule has 0 N–H and O–H groups in total. The molecular formula is C25H33N2O3+. The van der Waals surface area contributed by atoms with Gasteiger partial charge in [0.1, 0.15) is 12.3 Å². The van der Waals surface area contributed by atoms with Gasteiger partial charge in [0.25, 0.3) is 0 Å². The van der Waals surface area contributed by atoms with Gasteiger partial charge in [-0.15, -0.1) is 0 Å². The normalized spacial score (nSPS) is 11.0. The van der Waals surface area contributed by atoms with Crippen molar-refractivity contribution >= 4 is 22.8 Å². The standard InChI is InChI=1S/C23H27N2O3.C2H6/c1-17(26)24-15-20(23-21(24)11-8-12-22(23)28-18(2)27)13-14-25(3,4)16-19-9-6-5-7-10-19;1-2/h5-12,15H,13-14,16H2,1-4H3;1-2H3/q+1;. The van der Waals surface area contributed by atoms with E-state index in [0.29, 0.717) is 5.75 Å². The molecule has 0 radical (unpaired) electrons. The number of aromatic nitrogens is 1. The van der Waals surface area contributed by atoms with Crippen LogP contribution < -0.4 is 4.74 Å². The molecule has 0 aliphatic heterocycles. The summed E-state index contributed by atoms with van der Waals surface area (Å²) in [5.41, 5.74) is 3.08. The molecule has 2 aromatic carbocycles. The summed E-state index contributed by atoms with van der Waals surface area (Å²) in [5.74, 6) is 0.0804. The van der Waals surface area contributed by atoms with Crippen molar-refractivity contribution < 1.29 is 18.8 Å². The molecule has 0 bridgehead atoms. The molecule has 0 fully saturated rings. The lowest BCUT2D eigenvalue weighted by atomic mass is 10.1. The second-order valence-corrected chi connectivity index (χ2v) is 7.84. The van der Waals surface area contributed by atoms with Gasteiger partial charge in [0.15, 0.2) is 0 Å². The molecule has 5 heteroatoms. The van der Waals surface area contributed by atoms with Gasteiger partial charge in [-0.25, -0.2) is 0 Å². The Morgan fingerprint density at radius 2 is 1.63 bits per heavy atom. The van der Waals surface area contributed by atoms with E-state index in [1.807, 2.05) is 32.2 Å². The zero-order valence-electron chi connectivity index (χ0n) is 18.9. The highest BCUT2D eigenvalue weighted by Gasteiger charge is 2.21. The summed E-state index contributed by atoms with van der Waals surface area (Å²) >= 11 is 0. The summed E-state index contributed by atoms with van der Waals surface area (Å²) in [4.78, 5) is 23.6. The summed E-state index contributed by atoms with van der Waals surface area (Å²) < 4.78 is 7.87. The van der Waals surface area contributed by atoms with Crippen molar-refractivity contribution in [1.82, 2.24) is 4.57 Å². The lowest BCUT2D eigenvalue weighted by molar-refractivity contribution is -0.903. The number of nitrogens with zero attached hydrogens (tertiary/aromatic N) is 2. The molecule has 0 atom stereocenters. The van der Waals surface area contributed by atoms with Gasteiger partial charge in [-0.3, -0.25) is 14.2 Å². The molecular weight excluding hydrogens is 376 g/mol. The molecule has 30 heavy (non-hydrogen) atoms.